The van der Waals surface area contributed by atoms with Gasteiger partial charge in [0, 0.05) is 24.7 Å². The van der Waals surface area contributed by atoms with Crippen LogP contribution >= 0.6 is 11.6 Å². The minimum absolute atomic E-state index is 0.201. The first-order valence-electron chi connectivity index (χ1n) is 7.20. The van der Waals surface area contributed by atoms with Crippen molar-refractivity contribution < 1.29 is 9.53 Å². The van der Waals surface area contributed by atoms with Crippen LogP contribution < -0.4 is 10.9 Å². The largest absolute Gasteiger partial charge is 0.383 e. The summed E-state index contributed by atoms with van der Waals surface area (Å²) in [4.78, 5) is 23.7. The first kappa shape index (κ1) is 17.2. The monoisotopic (exact) mass is 335 g/mol. The number of aromatic nitrogens is 2. The highest BCUT2D eigenvalue weighted by molar-refractivity contribution is 6.30. The van der Waals surface area contributed by atoms with Crippen molar-refractivity contribution in [1.82, 2.24) is 15.1 Å². The highest BCUT2D eigenvalue weighted by Gasteiger charge is 2.09. The highest BCUT2D eigenvalue weighted by Crippen LogP contribution is 2.10. The first-order valence-corrected chi connectivity index (χ1v) is 7.57. The molecule has 0 aliphatic carbocycles. The van der Waals surface area contributed by atoms with E-state index in [1.54, 1.807) is 6.07 Å². The summed E-state index contributed by atoms with van der Waals surface area (Å²) in [5.41, 5.74) is 0.972. The summed E-state index contributed by atoms with van der Waals surface area (Å²) in [5, 5.41) is 7.49. The van der Waals surface area contributed by atoms with Crippen molar-refractivity contribution in [3.8, 4) is 0 Å². The van der Waals surface area contributed by atoms with Gasteiger partial charge in [0.25, 0.3) is 11.5 Å². The third-order valence-corrected chi connectivity index (χ3v) is 3.43. The molecule has 0 saturated heterocycles. The summed E-state index contributed by atoms with van der Waals surface area (Å²) in [6.07, 6.45) is 0.662. The summed E-state index contributed by atoms with van der Waals surface area (Å²) in [6.45, 7) is 1.11. The molecule has 2 aromatic rings. The molecule has 1 aromatic heterocycles. The Kier molecular flexibility index (Phi) is 6.31. The van der Waals surface area contributed by atoms with Crippen LogP contribution in [0.1, 0.15) is 16.1 Å². The van der Waals surface area contributed by atoms with Crippen LogP contribution in [0.5, 0.6) is 0 Å². The molecule has 0 spiro atoms. The third kappa shape index (κ3) is 5.19. The molecule has 2 rings (SSSR count). The topological polar surface area (TPSA) is 73.2 Å². The number of carbonyl (C=O) groups is 1. The Morgan fingerprint density at radius 2 is 2.17 bits per heavy atom. The van der Waals surface area contributed by atoms with Gasteiger partial charge in [0.15, 0.2) is 0 Å². The number of hydrogen-bond acceptors (Lipinski definition) is 4. The van der Waals surface area contributed by atoms with E-state index in [1.807, 2.05) is 18.2 Å². The van der Waals surface area contributed by atoms with Crippen molar-refractivity contribution in [2.75, 3.05) is 20.3 Å². The molecule has 1 heterocycles. The van der Waals surface area contributed by atoms with Gasteiger partial charge in [-0.2, -0.15) is 5.10 Å². The molecule has 0 radical (unpaired) electrons. The van der Waals surface area contributed by atoms with Gasteiger partial charge in [0.05, 0.1) is 13.2 Å². The number of hydrogen-bond donors (Lipinski definition) is 1. The van der Waals surface area contributed by atoms with E-state index in [2.05, 4.69) is 10.4 Å². The Morgan fingerprint density at radius 3 is 2.91 bits per heavy atom. The van der Waals surface area contributed by atoms with E-state index in [-0.39, 0.29) is 17.2 Å². The number of nitrogens with zero attached hydrogens (tertiary/aromatic N) is 2. The van der Waals surface area contributed by atoms with Crippen LogP contribution in [0.15, 0.2) is 41.2 Å². The first-order chi connectivity index (χ1) is 11.1. The van der Waals surface area contributed by atoms with E-state index in [0.29, 0.717) is 31.1 Å². The normalized spacial score (nSPS) is 10.5. The Hall–Kier alpha value is -2.18. The second kappa shape index (κ2) is 8.45. The Labute approximate surface area is 139 Å². The number of nitrogens with one attached hydrogen (secondary N) is 1. The number of methoxy groups -OCH3 is 1. The second-order valence-corrected chi connectivity index (χ2v) is 5.35. The predicted octanol–water partition coefficient (Wildman–Crippen LogP) is 1.52. The van der Waals surface area contributed by atoms with Crippen molar-refractivity contribution in [2.45, 2.75) is 13.0 Å². The molecule has 0 unspecified atom stereocenters. The van der Waals surface area contributed by atoms with Gasteiger partial charge >= 0.3 is 0 Å². The standard InChI is InChI=1S/C16H18ClN3O3/c1-23-10-9-20-15(21)6-5-14(19-20)16(22)18-8-7-12-3-2-4-13(17)11-12/h2-6,11H,7-10H2,1H3,(H,18,22). The maximum atomic E-state index is 12.1. The molecule has 1 amide bonds. The molecule has 0 bridgehead atoms. The number of benzene rings is 1. The van der Waals surface area contributed by atoms with E-state index in [9.17, 15) is 9.59 Å². The maximum absolute atomic E-state index is 12.1. The van der Waals surface area contributed by atoms with E-state index in [1.165, 1.54) is 23.9 Å². The minimum Gasteiger partial charge on any atom is -0.383 e. The zero-order valence-electron chi connectivity index (χ0n) is 12.8. The van der Waals surface area contributed by atoms with Gasteiger partial charge in [-0.05, 0) is 30.2 Å². The number of rotatable bonds is 7. The third-order valence-electron chi connectivity index (χ3n) is 3.19. The van der Waals surface area contributed by atoms with Crippen LogP contribution in [0.2, 0.25) is 5.02 Å². The molecule has 23 heavy (non-hydrogen) atoms. The zero-order valence-corrected chi connectivity index (χ0v) is 13.5. The second-order valence-electron chi connectivity index (χ2n) is 4.91. The van der Waals surface area contributed by atoms with E-state index >= 15 is 0 Å². The van der Waals surface area contributed by atoms with E-state index in [4.69, 9.17) is 16.3 Å². The van der Waals surface area contributed by atoms with Crippen LogP contribution in [0.3, 0.4) is 0 Å². The fourth-order valence-corrected chi connectivity index (χ4v) is 2.22. The maximum Gasteiger partial charge on any atom is 0.271 e. The highest BCUT2D eigenvalue weighted by atomic mass is 35.5. The lowest BCUT2D eigenvalue weighted by Crippen LogP contribution is -2.31. The Morgan fingerprint density at radius 1 is 1.35 bits per heavy atom. The van der Waals surface area contributed by atoms with Crippen molar-refractivity contribution in [2.24, 2.45) is 0 Å². The SMILES string of the molecule is COCCn1nc(C(=O)NCCc2cccc(Cl)c2)ccc1=O. The predicted molar refractivity (Wildman–Crippen MR) is 87.9 cm³/mol. The molecule has 0 aliphatic heterocycles. The van der Waals surface area contributed by atoms with Gasteiger partial charge in [-0.25, -0.2) is 4.68 Å². The lowest BCUT2D eigenvalue weighted by molar-refractivity contribution is 0.0945. The molecule has 6 nitrogen and oxygen atoms in total. The lowest BCUT2D eigenvalue weighted by Gasteiger charge is -2.08. The molecule has 0 saturated carbocycles. The van der Waals surface area contributed by atoms with Gasteiger partial charge in [-0.15, -0.1) is 0 Å². The van der Waals surface area contributed by atoms with Crippen molar-refractivity contribution in [3.63, 3.8) is 0 Å². The zero-order chi connectivity index (χ0) is 16.7. The smallest absolute Gasteiger partial charge is 0.271 e. The number of amides is 1. The van der Waals surface area contributed by atoms with Gasteiger partial charge in [0.2, 0.25) is 0 Å². The molecule has 0 atom stereocenters. The molecule has 0 aliphatic rings. The fourth-order valence-electron chi connectivity index (χ4n) is 2.01. The molecule has 7 heteroatoms. The molecule has 122 valence electrons. The van der Waals surface area contributed by atoms with E-state index < -0.39 is 0 Å². The molecular weight excluding hydrogens is 318 g/mol. The summed E-state index contributed by atoms with van der Waals surface area (Å²) >= 11 is 5.92. The number of halogens is 1. The lowest BCUT2D eigenvalue weighted by atomic mass is 10.1. The number of carbonyl (C=O) groups excluding carboxylic acids is 1. The molecular formula is C16H18ClN3O3. The average Bonchev–Trinajstić information content (AvgIpc) is 2.54. The van der Waals surface area contributed by atoms with Crippen LogP contribution in [0.25, 0.3) is 0 Å². The Balaban J connectivity index is 1.94. The minimum atomic E-state index is -0.321. The quantitative estimate of drug-likeness (QED) is 0.832. The summed E-state index contributed by atoms with van der Waals surface area (Å²) in [5.74, 6) is -0.321. The van der Waals surface area contributed by atoms with Crippen LogP contribution in [-0.4, -0.2) is 35.9 Å². The molecule has 1 aromatic carbocycles. The van der Waals surface area contributed by atoms with Gasteiger partial charge in [-0.3, -0.25) is 9.59 Å². The van der Waals surface area contributed by atoms with Gasteiger partial charge in [0.1, 0.15) is 5.69 Å². The van der Waals surface area contributed by atoms with Gasteiger partial charge < -0.3 is 10.1 Å². The number of ether oxygens (including phenoxy) is 1. The molecule has 1 N–H and O–H groups in total. The van der Waals surface area contributed by atoms with Crippen molar-refractivity contribution in [3.05, 3.63) is 63.0 Å². The van der Waals surface area contributed by atoms with Crippen LogP contribution in [0, 0.1) is 0 Å². The van der Waals surface area contributed by atoms with Crippen molar-refractivity contribution >= 4 is 17.5 Å². The van der Waals surface area contributed by atoms with Crippen LogP contribution in [0.4, 0.5) is 0 Å². The summed E-state index contributed by atoms with van der Waals surface area (Å²) in [7, 11) is 1.54. The molecule has 0 fully saturated rings. The average molecular weight is 336 g/mol. The van der Waals surface area contributed by atoms with Crippen LogP contribution in [-0.2, 0) is 17.7 Å². The van der Waals surface area contributed by atoms with Crippen molar-refractivity contribution in [1.29, 1.82) is 0 Å². The summed E-state index contributed by atoms with van der Waals surface area (Å²) in [6, 6.07) is 10.2. The summed E-state index contributed by atoms with van der Waals surface area (Å²) < 4.78 is 6.13. The van der Waals surface area contributed by atoms with Gasteiger partial charge in [-0.1, -0.05) is 23.7 Å². The fraction of sp³-hybridized carbons (Fsp3) is 0.312. The van der Waals surface area contributed by atoms with E-state index in [0.717, 1.165) is 5.56 Å². The Bertz CT molecular complexity index is 731.